The van der Waals surface area contributed by atoms with E-state index in [9.17, 15) is 5.11 Å². The standard InChI is InChI=1S/C18H27NO2/c1-5-10-21-14-18(20)13-19(16(4)6-2)12-17-9-7-8-15(3)11-17/h1,7-9,11,16,18,20H,6,10,12-14H2,2-4H3/t16-,18-/m1/s1. The zero-order chi connectivity index (χ0) is 15.7. The smallest absolute Gasteiger partial charge is 0.107 e. The molecular formula is C18H27NO2. The van der Waals surface area contributed by atoms with Gasteiger partial charge in [-0.3, -0.25) is 4.90 Å². The first-order valence-corrected chi connectivity index (χ1v) is 7.55. The summed E-state index contributed by atoms with van der Waals surface area (Å²) in [6, 6.07) is 8.90. The number of benzene rings is 1. The molecule has 21 heavy (non-hydrogen) atoms. The van der Waals surface area contributed by atoms with Crippen LogP contribution in [0.4, 0.5) is 0 Å². The van der Waals surface area contributed by atoms with Crippen molar-refractivity contribution in [3.63, 3.8) is 0 Å². The van der Waals surface area contributed by atoms with E-state index in [1.807, 2.05) is 0 Å². The molecule has 0 saturated carbocycles. The molecule has 0 unspecified atom stereocenters. The summed E-state index contributed by atoms with van der Waals surface area (Å²) in [7, 11) is 0. The second-order valence-corrected chi connectivity index (χ2v) is 5.55. The molecule has 0 saturated heterocycles. The van der Waals surface area contributed by atoms with Gasteiger partial charge in [0.25, 0.3) is 0 Å². The van der Waals surface area contributed by atoms with Gasteiger partial charge in [-0.15, -0.1) is 6.42 Å². The number of terminal acetylenes is 1. The molecular weight excluding hydrogens is 262 g/mol. The summed E-state index contributed by atoms with van der Waals surface area (Å²) in [4.78, 5) is 2.29. The van der Waals surface area contributed by atoms with Gasteiger partial charge in [0, 0.05) is 19.1 Å². The molecule has 0 aliphatic rings. The van der Waals surface area contributed by atoms with E-state index in [1.165, 1.54) is 11.1 Å². The third-order valence-corrected chi connectivity index (χ3v) is 3.62. The second kappa shape index (κ2) is 9.57. The molecule has 1 N–H and O–H groups in total. The lowest BCUT2D eigenvalue weighted by Crippen LogP contribution is -2.40. The van der Waals surface area contributed by atoms with Crippen molar-refractivity contribution in [2.24, 2.45) is 0 Å². The van der Waals surface area contributed by atoms with E-state index in [2.05, 4.69) is 55.9 Å². The predicted molar refractivity (Wildman–Crippen MR) is 87.0 cm³/mol. The summed E-state index contributed by atoms with van der Waals surface area (Å²) in [5, 5.41) is 10.1. The van der Waals surface area contributed by atoms with Crippen LogP contribution in [0.1, 0.15) is 31.4 Å². The summed E-state index contributed by atoms with van der Waals surface area (Å²) in [6.45, 7) is 8.40. The molecule has 0 aromatic heterocycles. The summed E-state index contributed by atoms with van der Waals surface area (Å²) in [6.07, 6.45) is 5.66. The van der Waals surface area contributed by atoms with Crippen LogP contribution < -0.4 is 0 Å². The van der Waals surface area contributed by atoms with Gasteiger partial charge in [-0.25, -0.2) is 0 Å². The minimum atomic E-state index is -0.517. The Morgan fingerprint density at radius 3 is 2.81 bits per heavy atom. The highest BCUT2D eigenvalue weighted by atomic mass is 16.5. The van der Waals surface area contributed by atoms with E-state index < -0.39 is 6.10 Å². The summed E-state index contributed by atoms with van der Waals surface area (Å²) in [5.41, 5.74) is 2.53. The van der Waals surface area contributed by atoms with Crippen LogP contribution in [-0.4, -0.2) is 41.9 Å². The maximum absolute atomic E-state index is 10.1. The zero-order valence-electron chi connectivity index (χ0n) is 13.4. The molecule has 2 atom stereocenters. The summed E-state index contributed by atoms with van der Waals surface area (Å²) < 4.78 is 5.22. The van der Waals surface area contributed by atoms with Crippen LogP contribution in [-0.2, 0) is 11.3 Å². The average Bonchev–Trinajstić information content (AvgIpc) is 2.46. The maximum atomic E-state index is 10.1. The Labute approximate surface area is 128 Å². The van der Waals surface area contributed by atoms with Crippen LogP contribution in [0.25, 0.3) is 0 Å². The Balaban J connectivity index is 2.61. The first-order chi connectivity index (χ1) is 10.1. The zero-order valence-corrected chi connectivity index (χ0v) is 13.4. The fourth-order valence-corrected chi connectivity index (χ4v) is 2.28. The van der Waals surface area contributed by atoms with Crippen LogP contribution in [0.3, 0.4) is 0 Å². The lowest BCUT2D eigenvalue weighted by atomic mass is 10.1. The van der Waals surface area contributed by atoms with Gasteiger partial charge < -0.3 is 9.84 Å². The molecule has 0 fully saturated rings. The fourth-order valence-electron chi connectivity index (χ4n) is 2.28. The molecule has 1 aromatic rings. The number of hydrogen-bond acceptors (Lipinski definition) is 3. The van der Waals surface area contributed by atoms with Gasteiger partial charge in [0.1, 0.15) is 6.61 Å². The quantitative estimate of drug-likeness (QED) is 0.560. The minimum Gasteiger partial charge on any atom is -0.389 e. The van der Waals surface area contributed by atoms with Gasteiger partial charge in [-0.05, 0) is 25.8 Å². The van der Waals surface area contributed by atoms with Crippen LogP contribution >= 0.6 is 0 Å². The van der Waals surface area contributed by atoms with E-state index in [4.69, 9.17) is 11.2 Å². The Bertz CT molecular complexity index is 453. The van der Waals surface area contributed by atoms with E-state index >= 15 is 0 Å². The molecule has 116 valence electrons. The Kier molecular flexibility index (Phi) is 8.07. The summed E-state index contributed by atoms with van der Waals surface area (Å²) >= 11 is 0. The van der Waals surface area contributed by atoms with Crippen molar-refractivity contribution in [1.29, 1.82) is 0 Å². The monoisotopic (exact) mass is 289 g/mol. The number of hydrogen-bond donors (Lipinski definition) is 1. The average molecular weight is 289 g/mol. The first kappa shape index (κ1) is 17.7. The van der Waals surface area contributed by atoms with Crippen molar-refractivity contribution in [2.45, 2.75) is 45.9 Å². The number of ether oxygens (including phenoxy) is 1. The van der Waals surface area contributed by atoms with Crippen LogP contribution in [0.5, 0.6) is 0 Å². The molecule has 3 nitrogen and oxygen atoms in total. The largest absolute Gasteiger partial charge is 0.389 e. The number of rotatable bonds is 9. The van der Waals surface area contributed by atoms with Gasteiger partial charge in [0.05, 0.1) is 12.7 Å². The Morgan fingerprint density at radius 1 is 1.43 bits per heavy atom. The van der Waals surface area contributed by atoms with E-state index in [1.54, 1.807) is 0 Å². The first-order valence-electron chi connectivity index (χ1n) is 7.55. The van der Waals surface area contributed by atoms with Gasteiger partial charge in [0.2, 0.25) is 0 Å². The topological polar surface area (TPSA) is 32.7 Å². The normalized spacial score (nSPS) is 13.9. The lowest BCUT2D eigenvalue weighted by Gasteiger charge is -2.30. The molecule has 0 radical (unpaired) electrons. The van der Waals surface area contributed by atoms with Crippen LogP contribution in [0.2, 0.25) is 0 Å². The molecule has 0 amide bonds. The molecule has 1 rings (SSSR count). The SMILES string of the molecule is C#CCOC[C@H](O)CN(Cc1cccc(C)c1)[C@H](C)CC. The van der Waals surface area contributed by atoms with E-state index in [0.717, 1.165) is 13.0 Å². The van der Waals surface area contributed by atoms with E-state index in [-0.39, 0.29) is 13.2 Å². The Hall–Kier alpha value is -1.34. The van der Waals surface area contributed by atoms with Gasteiger partial charge >= 0.3 is 0 Å². The van der Waals surface area contributed by atoms with Crippen molar-refractivity contribution >= 4 is 0 Å². The van der Waals surface area contributed by atoms with Crippen LogP contribution in [0, 0.1) is 19.3 Å². The van der Waals surface area contributed by atoms with Crippen molar-refractivity contribution < 1.29 is 9.84 Å². The van der Waals surface area contributed by atoms with Crippen molar-refractivity contribution in [3.05, 3.63) is 35.4 Å². The third kappa shape index (κ3) is 6.77. The number of aryl methyl sites for hydroxylation is 1. The number of aliphatic hydroxyl groups excluding tert-OH is 1. The molecule has 1 aromatic carbocycles. The maximum Gasteiger partial charge on any atom is 0.107 e. The fraction of sp³-hybridized carbons (Fsp3) is 0.556. The van der Waals surface area contributed by atoms with Crippen molar-refractivity contribution in [2.75, 3.05) is 19.8 Å². The van der Waals surface area contributed by atoms with Gasteiger partial charge in [-0.1, -0.05) is 42.7 Å². The number of aliphatic hydroxyl groups is 1. The number of nitrogens with zero attached hydrogens (tertiary/aromatic N) is 1. The third-order valence-electron chi connectivity index (χ3n) is 3.62. The van der Waals surface area contributed by atoms with Crippen molar-refractivity contribution in [3.8, 4) is 12.3 Å². The van der Waals surface area contributed by atoms with Gasteiger partial charge in [-0.2, -0.15) is 0 Å². The van der Waals surface area contributed by atoms with E-state index in [0.29, 0.717) is 12.6 Å². The van der Waals surface area contributed by atoms with Crippen LogP contribution in [0.15, 0.2) is 24.3 Å². The minimum absolute atomic E-state index is 0.248. The predicted octanol–water partition coefficient (Wildman–Crippen LogP) is 2.61. The van der Waals surface area contributed by atoms with Crippen molar-refractivity contribution in [1.82, 2.24) is 4.90 Å². The second-order valence-electron chi connectivity index (χ2n) is 5.55. The molecule has 0 bridgehead atoms. The van der Waals surface area contributed by atoms with Gasteiger partial charge in [0.15, 0.2) is 0 Å². The highest BCUT2D eigenvalue weighted by molar-refractivity contribution is 5.22. The highest BCUT2D eigenvalue weighted by Gasteiger charge is 2.17. The summed E-state index contributed by atoms with van der Waals surface area (Å²) in [5.74, 6) is 2.41. The highest BCUT2D eigenvalue weighted by Crippen LogP contribution is 2.13. The Morgan fingerprint density at radius 2 is 2.19 bits per heavy atom. The molecule has 0 aliphatic carbocycles. The molecule has 0 heterocycles. The molecule has 0 aliphatic heterocycles. The molecule has 0 spiro atoms. The molecule has 3 heteroatoms. The lowest BCUT2D eigenvalue weighted by molar-refractivity contribution is 0.0170.